The summed E-state index contributed by atoms with van der Waals surface area (Å²) in [6.07, 6.45) is 0. The molecule has 0 aliphatic carbocycles. The van der Waals surface area contributed by atoms with Crippen LogP contribution in [0.25, 0.3) is 0 Å². The van der Waals surface area contributed by atoms with Crippen molar-refractivity contribution in [3.8, 4) is 11.5 Å². The molecule has 8 heteroatoms. The van der Waals surface area contributed by atoms with E-state index in [-0.39, 0.29) is 11.5 Å². The first-order valence-corrected chi connectivity index (χ1v) is 7.99. The minimum Gasteiger partial charge on any atom is -0.497 e. The highest BCUT2D eigenvalue weighted by molar-refractivity contribution is 5.96. The van der Waals surface area contributed by atoms with E-state index in [9.17, 15) is 14.4 Å². The van der Waals surface area contributed by atoms with Crippen molar-refractivity contribution in [1.82, 2.24) is 0 Å². The highest BCUT2D eigenvalue weighted by atomic mass is 16.5. The van der Waals surface area contributed by atoms with Crippen molar-refractivity contribution in [2.45, 2.75) is 6.92 Å². The normalized spacial score (nSPS) is 9.89. The Labute approximate surface area is 156 Å². The molecular weight excluding hydrogens is 352 g/mol. The van der Waals surface area contributed by atoms with Crippen molar-refractivity contribution in [3.63, 3.8) is 0 Å². The predicted octanol–water partition coefficient (Wildman–Crippen LogP) is 2.46. The minimum absolute atomic E-state index is 0.201. The Morgan fingerprint density at radius 3 is 2.04 bits per heavy atom. The van der Waals surface area contributed by atoms with E-state index in [0.717, 1.165) is 0 Å². The molecule has 0 heterocycles. The molecule has 0 aromatic heterocycles. The molecule has 8 nitrogen and oxygen atoms in total. The summed E-state index contributed by atoms with van der Waals surface area (Å²) < 4.78 is 15.2. The summed E-state index contributed by atoms with van der Waals surface area (Å²) in [7, 11) is 2.93. The number of amides is 2. The number of hydrogen-bond acceptors (Lipinski definition) is 6. The molecule has 142 valence electrons. The summed E-state index contributed by atoms with van der Waals surface area (Å²) in [5.74, 6) is -0.560. The number of benzene rings is 2. The van der Waals surface area contributed by atoms with Gasteiger partial charge in [-0.2, -0.15) is 0 Å². The number of carbonyl (C=O) groups is 3. The van der Waals surface area contributed by atoms with Gasteiger partial charge >= 0.3 is 5.97 Å². The largest absolute Gasteiger partial charge is 0.497 e. The smallest absolute Gasteiger partial charge is 0.338 e. The van der Waals surface area contributed by atoms with Crippen LogP contribution in [0.2, 0.25) is 0 Å². The third kappa shape index (κ3) is 6.03. The molecule has 0 radical (unpaired) electrons. The third-order valence-corrected chi connectivity index (χ3v) is 3.39. The van der Waals surface area contributed by atoms with Crippen molar-refractivity contribution >= 4 is 29.2 Å². The number of methoxy groups -OCH3 is 2. The summed E-state index contributed by atoms with van der Waals surface area (Å²) in [5, 5.41) is 5.20. The standard InChI is InChI=1S/C19H20N2O6/c1-12(22)20-14-5-4-6-15(9-14)21-18(23)11-27-19(24)13-7-16(25-2)10-17(8-13)26-3/h4-10H,11H2,1-3H3,(H,20,22)(H,21,23). The van der Waals surface area contributed by atoms with Crippen molar-refractivity contribution in [1.29, 1.82) is 0 Å². The molecule has 0 saturated heterocycles. The van der Waals surface area contributed by atoms with E-state index >= 15 is 0 Å². The maximum Gasteiger partial charge on any atom is 0.338 e. The van der Waals surface area contributed by atoms with Crippen LogP contribution in [-0.2, 0) is 14.3 Å². The van der Waals surface area contributed by atoms with E-state index in [0.29, 0.717) is 22.9 Å². The van der Waals surface area contributed by atoms with Crippen LogP contribution in [0.5, 0.6) is 11.5 Å². The first kappa shape index (κ1) is 19.8. The van der Waals surface area contributed by atoms with Crippen LogP contribution in [0.4, 0.5) is 11.4 Å². The Morgan fingerprint density at radius 1 is 0.889 bits per heavy atom. The van der Waals surface area contributed by atoms with Gasteiger partial charge in [0, 0.05) is 24.4 Å². The van der Waals surface area contributed by atoms with E-state index in [2.05, 4.69) is 10.6 Å². The molecular formula is C19H20N2O6. The summed E-state index contributed by atoms with van der Waals surface area (Å²) in [6, 6.07) is 11.2. The van der Waals surface area contributed by atoms with E-state index in [4.69, 9.17) is 14.2 Å². The zero-order valence-corrected chi connectivity index (χ0v) is 15.2. The van der Waals surface area contributed by atoms with E-state index < -0.39 is 18.5 Å². The number of carbonyl (C=O) groups excluding carboxylic acids is 3. The zero-order chi connectivity index (χ0) is 19.8. The first-order chi connectivity index (χ1) is 12.9. The maximum absolute atomic E-state index is 12.2. The van der Waals surface area contributed by atoms with Crippen molar-refractivity contribution in [2.24, 2.45) is 0 Å². The van der Waals surface area contributed by atoms with Crippen LogP contribution in [0.1, 0.15) is 17.3 Å². The zero-order valence-electron chi connectivity index (χ0n) is 15.2. The lowest BCUT2D eigenvalue weighted by molar-refractivity contribution is -0.119. The molecule has 2 N–H and O–H groups in total. The lowest BCUT2D eigenvalue weighted by Gasteiger charge is -2.10. The van der Waals surface area contributed by atoms with Gasteiger partial charge < -0.3 is 24.8 Å². The monoisotopic (exact) mass is 372 g/mol. The van der Waals surface area contributed by atoms with Crippen molar-refractivity contribution in [3.05, 3.63) is 48.0 Å². The second kappa shape index (κ2) is 9.23. The van der Waals surface area contributed by atoms with Gasteiger partial charge in [-0.3, -0.25) is 9.59 Å². The fourth-order valence-corrected chi connectivity index (χ4v) is 2.21. The van der Waals surface area contributed by atoms with Gasteiger partial charge in [0.05, 0.1) is 19.8 Å². The van der Waals surface area contributed by atoms with Gasteiger partial charge in [0.15, 0.2) is 6.61 Å². The van der Waals surface area contributed by atoms with E-state index in [1.165, 1.54) is 33.3 Å². The van der Waals surface area contributed by atoms with Crippen LogP contribution in [0.3, 0.4) is 0 Å². The number of ether oxygens (including phenoxy) is 3. The van der Waals surface area contributed by atoms with E-state index in [1.807, 2.05) is 0 Å². The van der Waals surface area contributed by atoms with Gasteiger partial charge in [0.1, 0.15) is 11.5 Å². The van der Waals surface area contributed by atoms with Gasteiger partial charge in [-0.1, -0.05) is 6.07 Å². The topological polar surface area (TPSA) is 103 Å². The number of esters is 1. The fourth-order valence-electron chi connectivity index (χ4n) is 2.21. The van der Waals surface area contributed by atoms with Crippen LogP contribution in [-0.4, -0.2) is 38.6 Å². The maximum atomic E-state index is 12.2. The quantitative estimate of drug-likeness (QED) is 0.724. The number of rotatable bonds is 7. The molecule has 0 fully saturated rings. The van der Waals surface area contributed by atoms with E-state index in [1.54, 1.807) is 30.3 Å². The Hall–Kier alpha value is -3.55. The second-order valence-corrected chi connectivity index (χ2v) is 5.49. The van der Waals surface area contributed by atoms with Crippen molar-refractivity contribution in [2.75, 3.05) is 31.5 Å². The molecule has 27 heavy (non-hydrogen) atoms. The molecule has 2 rings (SSSR count). The molecule has 0 spiro atoms. The molecule has 0 aliphatic rings. The molecule has 2 amide bonds. The Morgan fingerprint density at radius 2 is 1.48 bits per heavy atom. The second-order valence-electron chi connectivity index (χ2n) is 5.49. The summed E-state index contributed by atoms with van der Waals surface area (Å²) in [5.41, 5.74) is 1.21. The average molecular weight is 372 g/mol. The highest BCUT2D eigenvalue weighted by Gasteiger charge is 2.13. The van der Waals surface area contributed by atoms with Gasteiger partial charge in [0.2, 0.25) is 5.91 Å². The predicted molar refractivity (Wildman–Crippen MR) is 99.2 cm³/mol. The lowest BCUT2D eigenvalue weighted by Crippen LogP contribution is -2.21. The van der Waals surface area contributed by atoms with Gasteiger partial charge in [-0.25, -0.2) is 4.79 Å². The molecule has 2 aromatic carbocycles. The molecule has 0 unspecified atom stereocenters. The van der Waals surface area contributed by atoms with Gasteiger partial charge in [-0.15, -0.1) is 0 Å². The summed E-state index contributed by atoms with van der Waals surface area (Å²) in [6.45, 7) is 0.918. The summed E-state index contributed by atoms with van der Waals surface area (Å²) >= 11 is 0. The first-order valence-electron chi connectivity index (χ1n) is 7.99. The minimum atomic E-state index is -0.686. The fraction of sp³-hybridized carbons (Fsp3) is 0.211. The van der Waals surface area contributed by atoms with Gasteiger partial charge in [0.25, 0.3) is 5.91 Å². The van der Waals surface area contributed by atoms with Crippen LogP contribution >= 0.6 is 0 Å². The number of hydrogen-bond donors (Lipinski definition) is 2. The summed E-state index contributed by atoms with van der Waals surface area (Å²) in [4.78, 5) is 35.2. The van der Waals surface area contributed by atoms with Crippen molar-refractivity contribution < 1.29 is 28.6 Å². The Bertz CT molecular complexity index is 828. The highest BCUT2D eigenvalue weighted by Crippen LogP contribution is 2.23. The Balaban J connectivity index is 1.95. The number of nitrogens with one attached hydrogen (secondary N) is 2. The molecule has 0 bridgehead atoms. The van der Waals surface area contributed by atoms with Crippen LogP contribution in [0, 0.1) is 0 Å². The molecule has 0 atom stereocenters. The SMILES string of the molecule is COc1cc(OC)cc(C(=O)OCC(=O)Nc2cccc(NC(C)=O)c2)c1. The average Bonchev–Trinajstić information content (AvgIpc) is 2.65. The molecule has 0 saturated carbocycles. The van der Waals surface area contributed by atoms with Gasteiger partial charge in [-0.05, 0) is 30.3 Å². The van der Waals surface area contributed by atoms with Crippen LogP contribution < -0.4 is 20.1 Å². The lowest BCUT2D eigenvalue weighted by atomic mass is 10.2. The molecule has 2 aromatic rings. The third-order valence-electron chi connectivity index (χ3n) is 3.39. The Kier molecular flexibility index (Phi) is 6.76. The number of anilines is 2. The van der Waals surface area contributed by atoms with Crippen LogP contribution in [0.15, 0.2) is 42.5 Å². The molecule has 0 aliphatic heterocycles.